The zero-order valence-electron chi connectivity index (χ0n) is 12.9. The number of aliphatic hydroxyl groups is 2. The topological polar surface area (TPSA) is 40.5 Å². The van der Waals surface area contributed by atoms with Crippen molar-refractivity contribution in [3.05, 3.63) is 12.7 Å². The van der Waals surface area contributed by atoms with Crippen molar-refractivity contribution in [2.75, 3.05) is 4.43 Å². The van der Waals surface area contributed by atoms with Crippen LogP contribution in [0.5, 0.6) is 0 Å². The first-order valence-electron chi connectivity index (χ1n) is 8.23. The van der Waals surface area contributed by atoms with Crippen LogP contribution in [0.1, 0.15) is 77.0 Å². The van der Waals surface area contributed by atoms with Crippen molar-refractivity contribution in [3.8, 4) is 0 Å². The molecule has 0 spiro atoms. The molecule has 0 heterocycles. The summed E-state index contributed by atoms with van der Waals surface area (Å²) in [4.78, 5) is 0. The fourth-order valence-electron chi connectivity index (χ4n) is 2.40. The molecular formula is C17H33IO2. The van der Waals surface area contributed by atoms with Crippen LogP contribution in [-0.4, -0.2) is 26.8 Å². The van der Waals surface area contributed by atoms with Gasteiger partial charge in [0.25, 0.3) is 0 Å². The number of aliphatic hydroxyl groups excluding tert-OH is 2. The van der Waals surface area contributed by atoms with Gasteiger partial charge < -0.3 is 10.2 Å². The molecule has 0 rings (SSSR count). The highest BCUT2D eigenvalue weighted by Crippen LogP contribution is 2.13. The second kappa shape index (κ2) is 15.8. The number of alkyl halides is 1. The number of hydrogen-bond donors (Lipinski definition) is 2. The Kier molecular flexibility index (Phi) is 16.1. The SMILES string of the molecule is C=CCCCCCCCCCCCC(O)CC(O)CI. The monoisotopic (exact) mass is 396 g/mol. The standard InChI is InChI=1S/C17H33IO2/c1-2-3-4-5-6-7-8-9-10-11-12-13-16(19)14-17(20)15-18/h2,16-17,19-20H,1,3-15H2. The van der Waals surface area contributed by atoms with Gasteiger partial charge in [-0.2, -0.15) is 0 Å². The maximum Gasteiger partial charge on any atom is 0.0654 e. The zero-order valence-corrected chi connectivity index (χ0v) is 15.1. The number of hydrogen-bond acceptors (Lipinski definition) is 2. The summed E-state index contributed by atoms with van der Waals surface area (Å²) in [6.07, 6.45) is 15.5. The first-order chi connectivity index (χ1) is 9.70. The van der Waals surface area contributed by atoms with E-state index in [4.69, 9.17) is 0 Å². The van der Waals surface area contributed by atoms with Gasteiger partial charge in [0.2, 0.25) is 0 Å². The van der Waals surface area contributed by atoms with Crippen LogP contribution in [0.15, 0.2) is 12.7 Å². The molecule has 3 heteroatoms. The van der Waals surface area contributed by atoms with Gasteiger partial charge in [-0.1, -0.05) is 80.0 Å². The molecule has 2 atom stereocenters. The van der Waals surface area contributed by atoms with E-state index >= 15 is 0 Å². The Morgan fingerprint density at radius 3 is 1.80 bits per heavy atom. The third-order valence-electron chi connectivity index (χ3n) is 3.67. The third-order valence-corrected chi connectivity index (χ3v) is 4.68. The molecule has 2 unspecified atom stereocenters. The molecule has 0 aliphatic heterocycles. The second-order valence-corrected chi connectivity index (χ2v) is 6.63. The molecule has 0 bridgehead atoms. The minimum atomic E-state index is -0.341. The fourth-order valence-corrected chi connectivity index (χ4v) is 2.76. The van der Waals surface area contributed by atoms with Crippen LogP contribution >= 0.6 is 22.6 Å². The van der Waals surface area contributed by atoms with Crippen molar-refractivity contribution < 1.29 is 10.2 Å². The molecule has 0 fully saturated rings. The molecule has 0 saturated heterocycles. The highest BCUT2D eigenvalue weighted by atomic mass is 127. The van der Waals surface area contributed by atoms with Crippen LogP contribution in [-0.2, 0) is 0 Å². The van der Waals surface area contributed by atoms with Crippen molar-refractivity contribution in [1.82, 2.24) is 0 Å². The van der Waals surface area contributed by atoms with E-state index in [0.29, 0.717) is 10.8 Å². The van der Waals surface area contributed by atoms with E-state index in [1.165, 1.54) is 51.4 Å². The van der Waals surface area contributed by atoms with E-state index in [1.54, 1.807) is 0 Å². The van der Waals surface area contributed by atoms with Crippen LogP contribution in [0.25, 0.3) is 0 Å². The quantitative estimate of drug-likeness (QED) is 0.177. The van der Waals surface area contributed by atoms with Gasteiger partial charge in [-0.15, -0.1) is 6.58 Å². The Morgan fingerprint density at radius 2 is 1.30 bits per heavy atom. The summed E-state index contributed by atoms with van der Waals surface area (Å²) >= 11 is 2.15. The third kappa shape index (κ3) is 14.8. The van der Waals surface area contributed by atoms with E-state index in [2.05, 4.69) is 29.2 Å². The summed E-state index contributed by atoms with van der Waals surface area (Å²) in [5.74, 6) is 0. The predicted molar refractivity (Wildman–Crippen MR) is 96.5 cm³/mol. The van der Waals surface area contributed by atoms with E-state index < -0.39 is 0 Å². The first-order valence-corrected chi connectivity index (χ1v) is 9.76. The van der Waals surface area contributed by atoms with Gasteiger partial charge in [0.1, 0.15) is 0 Å². The van der Waals surface area contributed by atoms with Gasteiger partial charge >= 0.3 is 0 Å². The lowest BCUT2D eigenvalue weighted by atomic mass is 10.0. The Balaban J connectivity index is 3.14. The van der Waals surface area contributed by atoms with Crippen LogP contribution in [0.2, 0.25) is 0 Å². The predicted octanol–water partition coefficient (Wildman–Crippen LogP) is 5.01. The van der Waals surface area contributed by atoms with Crippen LogP contribution in [0.4, 0.5) is 0 Å². The normalized spacial score (nSPS) is 14.2. The van der Waals surface area contributed by atoms with Gasteiger partial charge in [0.05, 0.1) is 12.2 Å². The molecule has 0 aliphatic carbocycles. The van der Waals surface area contributed by atoms with Gasteiger partial charge in [-0.25, -0.2) is 0 Å². The van der Waals surface area contributed by atoms with Crippen molar-refractivity contribution in [1.29, 1.82) is 0 Å². The minimum absolute atomic E-state index is 0.315. The van der Waals surface area contributed by atoms with Gasteiger partial charge in [-0.3, -0.25) is 0 Å². The molecule has 0 radical (unpaired) electrons. The summed E-state index contributed by atoms with van der Waals surface area (Å²) in [5, 5.41) is 19.2. The van der Waals surface area contributed by atoms with Crippen molar-refractivity contribution in [2.45, 2.75) is 89.3 Å². The number of halogens is 1. The van der Waals surface area contributed by atoms with E-state index in [0.717, 1.165) is 19.3 Å². The lowest BCUT2D eigenvalue weighted by Gasteiger charge is -2.13. The molecule has 120 valence electrons. The molecule has 20 heavy (non-hydrogen) atoms. The Labute approximate surface area is 139 Å². The average Bonchev–Trinajstić information content (AvgIpc) is 2.44. The summed E-state index contributed by atoms with van der Waals surface area (Å²) in [5.41, 5.74) is 0. The zero-order chi connectivity index (χ0) is 15.1. The highest BCUT2D eigenvalue weighted by molar-refractivity contribution is 14.1. The molecule has 0 aromatic heterocycles. The highest BCUT2D eigenvalue weighted by Gasteiger charge is 2.09. The van der Waals surface area contributed by atoms with Gasteiger partial charge in [0, 0.05) is 4.43 Å². The molecule has 0 amide bonds. The van der Waals surface area contributed by atoms with Crippen molar-refractivity contribution in [3.63, 3.8) is 0 Å². The lowest BCUT2D eigenvalue weighted by molar-refractivity contribution is 0.0868. The van der Waals surface area contributed by atoms with E-state index in [9.17, 15) is 10.2 Å². The van der Waals surface area contributed by atoms with Gasteiger partial charge in [-0.05, 0) is 25.7 Å². The maximum absolute atomic E-state index is 9.72. The van der Waals surface area contributed by atoms with Crippen molar-refractivity contribution >= 4 is 22.6 Å². The summed E-state index contributed by atoms with van der Waals surface area (Å²) < 4.78 is 0.710. The summed E-state index contributed by atoms with van der Waals surface area (Å²) in [7, 11) is 0. The number of unbranched alkanes of at least 4 members (excludes halogenated alkanes) is 9. The molecule has 0 saturated carbocycles. The Bertz CT molecular complexity index is 209. The number of rotatable bonds is 15. The van der Waals surface area contributed by atoms with Crippen molar-refractivity contribution in [2.24, 2.45) is 0 Å². The Hall–Kier alpha value is 0.390. The Morgan fingerprint density at radius 1 is 0.800 bits per heavy atom. The summed E-state index contributed by atoms with van der Waals surface area (Å²) in [6.45, 7) is 3.74. The summed E-state index contributed by atoms with van der Waals surface area (Å²) in [6, 6.07) is 0. The fraction of sp³-hybridized carbons (Fsp3) is 0.882. The molecule has 0 aromatic rings. The number of allylic oxidation sites excluding steroid dienone is 1. The molecule has 2 N–H and O–H groups in total. The first kappa shape index (κ1) is 20.4. The second-order valence-electron chi connectivity index (χ2n) is 5.75. The van der Waals surface area contributed by atoms with Crippen LogP contribution in [0.3, 0.4) is 0 Å². The smallest absolute Gasteiger partial charge is 0.0654 e. The van der Waals surface area contributed by atoms with Gasteiger partial charge in [0.15, 0.2) is 0 Å². The largest absolute Gasteiger partial charge is 0.393 e. The average molecular weight is 396 g/mol. The molecule has 0 aliphatic rings. The van der Waals surface area contributed by atoms with E-state index in [-0.39, 0.29) is 12.2 Å². The maximum atomic E-state index is 9.72. The van der Waals surface area contributed by atoms with E-state index in [1.807, 2.05) is 6.08 Å². The molecule has 2 nitrogen and oxygen atoms in total. The van der Waals surface area contributed by atoms with Crippen LogP contribution < -0.4 is 0 Å². The molecule has 0 aromatic carbocycles. The van der Waals surface area contributed by atoms with Crippen LogP contribution in [0, 0.1) is 0 Å². The minimum Gasteiger partial charge on any atom is -0.393 e. The lowest BCUT2D eigenvalue weighted by Crippen LogP contribution is -2.18. The molecular weight excluding hydrogens is 363 g/mol.